The van der Waals surface area contributed by atoms with Crippen LogP contribution in [0.15, 0.2) is 18.2 Å². The number of carbonyl (C=O) groups excluding carboxylic acids is 1. The van der Waals surface area contributed by atoms with Crippen LogP contribution in [0.1, 0.15) is 18.1 Å². The minimum Gasteiger partial charge on any atom is -0.345 e. The van der Waals surface area contributed by atoms with E-state index < -0.39 is 22.4 Å². The number of rotatable bonds is 2. The number of nitro groups is 1. The molecule has 0 heterocycles. The van der Waals surface area contributed by atoms with Crippen molar-refractivity contribution in [3.05, 3.63) is 39.4 Å². The molecular formula is C12H9F3N2O3. The number of hydrogen-bond donors (Lipinski definition) is 1. The van der Waals surface area contributed by atoms with E-state index in [4.69, 9.17) is 0 Å². The van der Waals surface area contributed by atoms with Gasteiger partial charge in [0.05, 0.1) is 17.0 Å². The minimum absolute atomic E-state index is 0.0481. The Balaban J connectivity index is 3.08. The summed E-state index contributed by atoms with van der Waals surface area (Å²) in [7, 11) is 0. The summed E-state index contributed by atoms with van der Waals surface area (Å²) in [5.74, 6) is 4.44. The highest BCUT2D eigenvalue weighted by Crippen LogP contribution is 2.32. The first-order valence-corrected chi connectivity index (χ1v) is 5.30. The highest BCUT2D eigenvalue weighted by molar-refractivity contribution is 5.73. The summed E-state index contributed by atoms with van der Waals surface area (Å²) in [6.07, 6.45) is -4.66. The first-order valence-electron chi connectivity index (χ1n) is 5.30. The summed E-state index contributed by atoms with van der Waals surface area (Å²) < 4.78 is 37.4. The van der Waals surface area contributed by atoms with Crippen LogP contribution in [0.5, 0.6) is 0 Å². The van der Waals surface area contributed by atoms with Crippen molar-refractivity contribution in [1.82, 2.24) is 5.32 Å². The second-order valence-corrected chi connectivity index (χ2v) is 3.70. The van der Waals surface area contributed by atoms with Crippen molar-refractivity contribution in [3.63, 3.8) is 0 Å². The average Bonchev–Trinajstić information content (AvgIpc) is 2.33. The van der Waals surface area contributed by atoms with Crippen LogP contribution in [-0.2, 0) is 11.0 Å². The fraction of sp³-hybridized carbons (Fsp3) is 0.250. The van der Waals surface area contributed by atoms with Gasteiger partial charge in [0.25, 0.3) is 5.69 Å². The summed E-state index contributed by atoms with van der Waals surface area (Å²) in [6, 6.07) is 2.08. The van der Waals surface area contributed by atoms with Gasteiger partial charge < -0.3 is 5.32 Å². The molecule has 0 aromatic heterocycles. The van der Waals surface area contributed by atoms with Gasteiger partial charge in [-0.1, -0.05) is 11.8 Å². The van der Waals surface area contributed by atoms with Gasteiger partial charge in [0.15, 0.2) is 0 Å². The lowest BCUT2D eigenvalue weighted by molar-refractivity contribution is -0.385. The van der Waals surface area contributed by atoms with Crippen LogP contribution in [0.4, 0.5) is 18.9 Å². The molecule has 5 nitrogen and oxygen atoms in total. The van der Waals surface area contributed by atoms with Gasteiger partial charge in [-0.05, 0) is 12.1 Å². The van der Waals surface area contributed by atoms with Crippen molar-refractivity contribution in [1.29, 1.82) is 0 Å². The van der Waals surface area contributed by atoms with E-state index >= 15 is 0 Å². The summed E-state index contributed by atoms with van der Waals surface area (Å²) in [6.45, 7) is 1.22. The van der Waals surface area contributed by atoms with Crippen molar-refractivity contribution in [2.45, 2.75) is 13.1 Å². The quantitative estimate of drug-likeness (QED) is 0.514. The van der Waals surface area contributed by atoms with Gasteiger partial charge in [0.2, 0.25) is 5.91 Å². The third kappa shape index (κ3) is 4.28. The number of carbonyl (C=O) groups is 1. The molecule has 0 fully saturated rings. The number of halogens is 3. The maximum absolute atomic E-state index is 12.5. The van der Waals surface area contributed by atoms with E-state index in [2.05, 4.69) is 17.2 Å². The number of alkyl halides is 3. The van der Waals surface area contributed by atoms with Gasteiger partial charge in [-0.15, -0.1) is 0 Å². The van der Waals surface area contributed by atoms with Crippen LogP contribution < -0.4 is 5.32 Å². The lowest BCUT2D eigenvalue weighted by Gasteiger charge is -2.06. The molecular weight excluding hydrogens is 277 g/mol. The fourth-order valence-corrected chi connectivity index (χ4v) is 1.27. The van der Waals surface area contributed by atoms with Gasteiger partial charge >= 0.3 is 6.18 Å². The molecule has 0 bridgehead atoms. The molecule has 0 aliphatic rings. The molecule has 1 N–H and O–H groups in total. The second-order valence-electron chi connectivity index (χ2n) is 3.70. The molecule has 1 rings (SSSR count). The predicted octanol–water partition coefficient (Wildman–Crippen LogP) is 2.10. The lowest BCUT2D eigenvalue weighted by atomic mass is 10.1. The summed E-state index contributed by atoms with van der Waals surface area (Å²) in [5.41, 5.74) is -1.99. The van der Waals surface area contributed by atoms with Gasteiger partial charge in [0.1, 0.15) is 5.56 Å². The van der Waals surface area contributed by atoms with Gasteiger partial charge in [-0.3, -0.25) is 14.9 Å². The zero-order valence-electron chi connectivity index (χ0n) is 10.2. The zero-order chi connectivity index (χ0) is 15.3. The Labute approximate surface area is 111 Å². The van der Waals surface area contributed by atoms with Gasteiger partial charge in [0, 0.05) is 13.0 Å². The van der Waals surface area contributed by atoms with Crippen molar-refractivity contribution in [3.8, 4) is 11.8 Å². The summed E-state index contributed by atoms with van der Waals surface area (Å²) in [5, 5.41) is 13.1. The molecule has 0 radical (unpaired) electrons. The summed E-state index contributed by atoms with van der Waals surface area (Å²) >= 11 is 0. The Bertz CT molecular complexity index is 600. The van der Waals surface area contributed by atoms with E-state index in [-0.39, 0.29) is 18.0 Å². The number of hydrogen-bond acceptors (Lipinski definition) is 3. The molecule has 0 atom stereocenters. The Hall–Kier alpha value is -2.56. The third-order valence-corrected chi connectivity index (χ3v) is 2.17. The molecule has 0 aliphatic heterocycles. The molecule has 0 aliphatic carbocycles. The van der Waals surface area contributed by atoms with Crippen LogP contribution >= 0.6 is 0 Å². The molecule has 8 heteroatoms. The number of nitrogens with zero attached hydrogens (tertiary/aromatic N) is 1. The monoisotopic (exact) mass is 286 g/mol. The smallest absolute Gasteiger partial charge is 0.345 e. The number of nitrogens with one attached hydrogen (secondary N) is 1. The molecule has 1 amide bonds. The maximum Gasteiger partial charge on any atom is 0.416 e. The van der Waals surface area contributed by atoms with Crippen LogP contribution in [0.3, 0.4) is 0 Å². The molecule has 0 saturated heterocycles. The average molecular weight is 286 g/mol. The van der Waals surface area contributed by atoms with E-state index in [0.717, 1.165) is 12.1 Å². The second kappa shape index (κ2) is 6.06. The van der Waals surface area contributed by atoms with E-state index in [0.29, 0.717) is 6.07 Å². The Kier molecular flexibility index (Phi) is 4.69. The fourth-order valence-electron chi connectivity index (χ4n) is 1.27. The molecule has 106 valence electrons. The minimum atomic E-state index is -4.66. The lowest BCUT2D eigenvalue weighted by Crippen LogP contribution is -2.19. The number of nitro benzene ring substituents is 1. The number of amides is 1. The van der Waals surface area contributed by atoms with Crippen molar-refractivity contribution in [2.24, 2.45) is 0 Å². The van der Waals surface area contributed by atoms with E-state index in [1.54, 1.807) is 0 Å². The predicted molar refractivity (Wildman–Crippen MR) is 63.7 cm³/mol. The van der Waals surface area contributed by atoms with E-state index in [1.165, 1.54) is 6.92 Å². The van der Waals surface area contributed by atoms with Crippen molar-refractivity contribution in [2.75, 3.05) is 6.54 Å². The molecule has 20 heavy (non-hydrogen) atoms. The highest BCUT2D eigenvalue weighted by atomic mass is 19.4. The van der Waals surface area contributed by atoms with Gasteiger partial charge in [-0.25, -0.2) is 0 Å². The molecule has 0 saturated carbocycles. The Morgan fingerprint density at radius 3 is 2.60 bits per heavy atom. The van der Waals surface area contributed by atoms with Crippen molar-refractivity contribution >= 4 is 11.6 Å². The maximum atomic E-state index is 12.5. The first-order chi connectivity index (χ1) is 9.21. The first kappa shape index (κ1) is 15.5. The standard InChI is InChI=1S/C12H9F3N2O3/c1-8(18)16-6-2-3-9-4-5-10(12(13,14)15)7-11(9)17(19)20/h4-5,7H,6H2,1H3,(H,16,18). The van der Waals surface area contributed by atoms with E-state index in [9.17, 15) is 28.1 Å². The van der Waals surface area contributed by atoms with Crippen LogP contribution in [0, 0.1) is 22.0 Å². The molecule has 0 spiro atoms. The van der Waals surface area contributed by atoms with Gasteiger partial charge in [-0.2, -0.15) is 13.2 Å². The Morgan fingerprint density at radius 1 is 1.45 bits per heavy atom. The molecule has 0 unspecified atom stereocenters. The van der Waals surface area contributed by atoms with Crippen molar-refractivity contribution < 1.29 is 22.9 Å². The highest BCUT2D eigenvalue weighted by Gasteiger charge is 2.32. The number of benzene rings is 1. The van der Waals surface area contributed by atoms with Crippen LogP contribution in [0.2, 0.25) is 0 Å². The van der Waals surface area contributed by atoms with Crippen LogP contribution in [-0.4, -0.2) is 17.4 Å². The van der Waals surface area contributed by atoms with E-state index in [1.807, 2.05) is 0 Å². The zero-order valence-corrected chi connectivity index (χ0v) is 10.2. The van der Waals surface area contributed by atoms with Crippen LogP contribution in [0.25, 0.3) is 0 Å². The topological polar surface area (TPSA) is 72.2 Å². The Morgan fingerprint density at radius 2 is 2.10 bits per heavy atom. The molecule has 1 aromatic carbocycles. The normalized spacial score (nSPS) is 10.4. The molecule has 1 aromatic rings. The summed E-state index contributed by atoms with van der Waals surface area (Å²) in [4.78, 5) is 20.4. The SMILES string of the molecule is CC(=O)NCC#Cc1ccc(C(F)(F)F)cc1[N+](=O)[O-]. The third-order valence-electron chi connectivity index (χ3n) is 2.17. The largest absolute Gasteiger partial charge is 0.416 e.